The Hall–Kier alpha value is -1.53. The van der Waals surface area contributed by atoms with Crippen molar-refractivity contribution in [1.82, 2.24) is 10.2 Å². The standard InChI is InChI=1S/C17H23N3O2S/c1-13(19-7-9-23-10-8-19)17(22)18-12-14-3-2-4-15(11-14)20-6-5-16(20)21/h2-4,11,13H,5-10,12H2,1H3,(H,18,22). The summed E-state index contributed by atoms with van der Waals surface area (Å²) < 4.78 is 0. The van der Waals surface area contributed by atoms with Gasteiger partial charge in [-0.05, 0) is 24.6 Å². The molecule has 2 aliphatic rings. The predicted molar refractivity (Wildman–Crippen MR) is 93.6 cm³/mol. The largest absolute Gasteiger partial charge is 0.351 e. The maximum Gasteiger partial charge on any atom is 0.237 e. The lowest BCUT2D eigenvalue weighted by Crippen LogP contribution is -2.48. The van der Waals surface area contributed by atoms with Crippen LogP contribution in [0.2, 0.25) is 0 Å². The third-order valence-electron chi connectivity index (χ3n) is 4.51. The monoisotopic (exact) mass is 333 g/mol. The summed E-state index contributed by atoms with van der Waals surface area (Å²) in [4.78, 5) is 27.9. The van der Waals surface area contributed by atoms with Gasteiger partial charge in [0, 0.05) is 49.8 Å². The first-order chi connectivity index (χ1) is 11.1. The maximum atomic E-state index is 12.3. The van der Waals surface area contributed by atoms with Gasteiger partial charge in [-0.1, -0.05) is 12.1 Å². The Morgan fingerprint density at radius 1 is 1.30 bits per heavy atom. The lowest BCUT2D eigenvalue weighted by molar-refractivity contribution is -0.126. The lowest BCUT2D eigenvalue weighted by Gasteiger charge is -2.31. The van der Waals surface area contributed by atoms with Gasteiger partial charge in [0.1, 0.15) is 0 Å². The number of nitrogens with one attached hydrogen (secondary N) is 1. The van der Waals surface area contributed by atoms with E-state index in [1.165, 1.54) is 0 Å². The molecule has 2 saturated heterocycles. The Labute approximate surface area is 141 Å². The van der Waals surface area contributed by atoms with E-state index in [4.69, 9.17) is 0 Å². The molecule has 0 saturated carbocycles. The Bertz CT molecular complexity index is 587. The van der Waals surface area contributed by atoms with Gasteiger partial charge in [-0.2, -0.15) is 11.8 Å². The van der Waals surface area contributed by atoms with E-state index in [0.29, 0.717) is 13.0 Å². The number of rotatable bonds is 5. The molecule has 1 aromatic rings. The zero-order valence-electron chi connectivity index (χ0n) is 13.5. The van der Waals surface area contributed by atoms with Gasteiger partial charge in [-0.3, -0.25) is 14.5 Å². The van der Waals surface area contributed by atoms with Crippen molar-refractivity contribution in [3.05, 3.63) is 29.8 Å². The third kappa shape index (κ3) is 3.87. The van der Waals surface area contributed by atoms with Gasteiger partial charge >= 0.3 is 0 Å². The minimum atomic E-state index is -0.0870. The molecule has 0 aliphatic carbocycles. The highest BCUT2D eigenvalue weighted by molar-refractivity contribution is 7.99. The molecule has 2 aliphatic heterocycles. The Kier molecular flexibility index (Phi) is 5.23. The van der Waals surface area contributed by atoms with Crippen LogP contribution in [0.4, 0.5) is 5.69 Å². The molecule has 1 aromatic carbocycles. The summed E-state index contributed by atoms with van der Waals surface area (Å²) in [6.45, 7) is 5.22. The second kappa shape index (κ2) is 7.36. The second-order valence-corrected chi connectivity index (χ2v) is 7.23. The molecular formula is C17H23N3O2S. The van der Waals surface area contributed by atoms with Crippen LogP contribution in [-0.2, 0) is 16.1 Å². The van der Waals surface area contributed by atoms with Crippen molar-refractivity contribution >= 4 is 29.3 Å². The van der Waals surface area contributed by atoms with E-state index in [2.05, 4.69) is 10.2 Å². The molecule has 2 amide bonds. The van der Waals surface area contributed by atoms with Crippen molar-refractivity contribution in [2.24, 2.45) is 0 Å². The van der Waals surface area contributed by atoms with E-state index in [1.54, 1.807) is 4.90 Å². The zero-order valence-corrected chi connectivity index (χ0v) is 14.3. The van der Waals surface area contributed by atoms with Gasteiger partial charge in [0.25, 0.3) is 0 Å². The summed E-state index contributed by atoms with van der Waals surface area (Å²) in [5.74, 6) is 2.44. The van der Waals surface area contributed by atoms with Crippen molar-refractivity contribution < 1.29 is 9.59 Å². The van der Waals surface area contributed by atoms with Crippen molar-refractivity contribution in [2.75, 3.05) is 36.0 Å². The number of carbonyl (C=O) groups excluding carboxylic acids is 2. The first-order valence-corrected chi connectivity index (χ1v) is 9.29. The summed E-state index contributed by atoms with van der Waals surface area (Å²) in [6.07, 6.45) is 0.632. The van der Waals surface area contributed by atoms with E-state index in [-0.39, 0.29) is 17.9 Å². The summed E-state index contributed by atoms with van der Waals surface area (Å²) in [6, 6.07) is 7.76. The molecule has 0 radical (unpaired) electrons. The number of thioether (sulfide) groups is 1. The minimum Gasteiger partial charge on any atom is -0.351 e. The van der Waals surface area contributed by atoms with Gasteiger partial charge in [0.2, 0.25) is 11.8 Å². The molecule has 0 bridgehead atoms. The fourth-order valence-electron chi connectivity index (χ4n) is 2.89. The first kappa shape index (κ1) is 16.3. The van der Waals surface area contributed by atoms with Crippen molar-refractivity contribution in [3.63, 3.8) is 0 Å². The SMILES string of the molecule is CC(C(=O)NCc1cccc(N2CCC2=O)c1)N1CCSCC1. The van der Waals surface area contributed by atoms with Crippen LogP contribution in [0.1, 0.15) is 18.9 Å². The molecule has 1 unspecified atom stereocenters. The fourth-order valence-corrected chi connectivity index (χ4v) is 3.82. The van der Waals surface area contributed by atoms with E-state index >= 15 is 0 Å². The lowest BCUT2D eigenvalue weighted by atomic mass is 10.1. The molecule has 0 aromatic heterocycles. The number of nitrogens with zero attached hydrogens (tertiary/aromatic N) is 2. The average Bonchev–Trinajstić information content (AvgIpc) is 2.58. The highest BCUT2D eigenvalue weighted by Crippen LogP contribution is 2.22. The summed E-state index contributed by atoms with van der Waals surface area (Å²) >= 11 is 1.94. The van der Waals surface area contributed by atoms with Crippen molar-refractivity contribution in [2.45, 2.75) is 25.9 Å². The Morgan fingerprint density at radius 3 is 2.74 bits per heavy atom. The quantitative estimate of drug-likeness (QED) is 0.829. The van der Waals surface area contributed by atoms with Crippen LogP contribution in [0.25, 0.3) is 0 Å². The number of β-lactam (4-membered cyclic amide) rings is 1. The normalized spacial score (nSPS) is 20.0. The number of benzene rings is 1. The van der Waals surface area contributed by atoms with Gasteiger partial charge in [-0.15, -0.1) is 0 Å². The van der Waals surface area contributed by atoms with Gasteiger partial charge < -0.3 is 10.2 Å². The third-order valence-corrected chi connectivity index (χ3v) is 5.45. The molecule has 1 atom stereocenters. The van der Waals surface area contributed by atoms with E-state index in [1.807, 2.05) is 43.0 Å². The molecule has 5 nitrogen and oxygen atoms in total. The van der Waals surface area contributed by atoms with Crippen LogP contribution in [0.5, 0.6) is 0 Å². The van der Waals surface area contributed by atoms with Crippen LogP contribution in [0, 0.1) is 0 Å². The van der Waals surface area contributed by atoms with Crippen LogP contribution < -0.4 is 10.2 Å². The molecule has 2 heterocycles. The van der Waals surface area contributed by atoms with Crippen molar-refractivity contribution in [3.8, 4) is 0 Å². The molecule has 1 N–H and O–H groups in total. The van der Waals surface area contributed by atoms with Crippen LogP contribution in [0.3, 0.4) is 0 Å². The molecular weight excluding hydrogens is 310 g/mol. The zero-order chi connectivity index (χ0) is 16.2. The number of anilines is 1. The average molecular weight is 333 g/mol. The van der Waals surface area contributed by atoms with Crippen LogP contribution >= 0.6 is 11.8 Å². The number of hydrogen-bond acceptors (Lipinski definition) is 4. The van der Waals surface area contributed by atoms with E-state index in [9.17, 15) is 9.59 Å². The highest BCUT2D eigenvalue weighted by atomic mass is 32.2. The molecule has 23 heavy (non-hydrogen) atoms. The highest BCUT2D eigenvalue weighted by Gasteiger charge is 2.25. The molecule has 124 valence electrons. The minimum absolute atomic E-state index is 0.0716. The molecule has 6 heteroatoms. The van der Waals surface area contributed by atoms with Crippen LogP contribution in [-0.4, -0.2) is 53.9 Å². The smallest absolute Gasteiger partial charge is 0.237 e. The fraction of sp³-hybridized carbons (Fsp3) is 0.529. The number of amides is 2. The topological polar surface area (TPSA) is 52.7 Å². The first-order valence-electron chi connectivity index (χ1n) is 8.14. The maximum absolute atomic E-state index is 12.3. The van der Waals surface area contributed by atoms with Gasteiger partial charge in [0.15, 0.2) is 0 Å². The molecule has 0 spiro atoms. The van der Waals surface area contributed by atoms with Crippen molar-refractivity contribution in [1.29, 1.82) is 0 Å². The summed E-state index contributed by atoms with van der Waals surface area (Å²) in [5, 5.41) is 3.02. The summed E-state index contributed by atoms with van der Waals surface area (Å²) in [5.41, 5.74) is 1.95. The number of carbonyl (C=O) groups is 2. The summed E-state index contributed by atoms with van der Waals surface area (Å²) in [7, 11) is 0. The van der Waals surface area contributed by atoms with Crippen LogP contribution in [0.15, 0.2) is 24.3 Å². The molecule has 2 fully saturated rings. The number of hydrogen-bond donors (Lipinski definition) is 1. The molecule has 3 rings (SSSR count). The van der Waals surface area contributed by atoms with Gasteiger partial charge in [-0.25, -0.2) is 0 Å². The van der Waals surface area contributed by atoms with E-state index < -0.39 is 0 Å². The van der Waals surface area contributed by atoms with E-state index in [0.717, 1.165) is 42.4 Å². The Balaban J connectivity index is 1.54. The Morgan fingerprint density at radius 2 is 2.09 bits per heavy atom. The van der Waals surface area contributed by atoms with Gasteiger partial charge in [0.05, 0.1) is 6.04 Å². The second-order valence-electron chi connectivity index (χ2n) is 6.01. The predicted octanol–water partition coefficient (Wildman–Crippen LogP) is 1.48.